The molecular formula is C11H17N3. The highest BCUT2D eigenvalue weighted by Crippen LogP contribution is 2.46. The summed E-state index contributed by atoms with van der Waals surface area (Å²) in [6.45, 7) is 2.21. The quantitative estimate of drug-likeness (QED) is 0.769. The number of nitrogen functional groups attached to an aromatic ring is 2. The van der Waals surface area contributed by atoms with Gasteiger partial charge in [0.15, 0.2) is 0 Å². The Morgan fingerprint density at radius 2 is 2.21 bits per heavy atom. The molecule has 1 unspecified atom stereocenters. The minimum atomic E-state index is 0.474. The average molecular weight is 191 g/mol. The first kappa shape index (κ1) is 9.31. The number of aromatic nitrogens is 1. The molecule has 3 heteroatoms. The highest BCUT2D eigenvalue weighted by atomic mass is 14.9. The van der Waals surface area contributed by atoms with Crippen molar-refractivity contribution in [2.45, 2.75) is 32.1 Å². The van der Waals surface area contributed by atoms with Gasteiger partial charge in [-0.25, -0.2) is 4.98 Å². The van der Waals surface area contributed by atoms with Gasteiger partial charge in [-0.2, -0.15) is 0 Å². The summed E-state index contributed by atoms with van der Waals surface area (Å²) in [7, 11) is 0. The highest BCUT2D eigenvalue weighted by molar-refractivity contribution is 5.63. The first-order valence-corrected chi connectivity index (χ1v) is 5.24. The van der Waals surface area contributed by atoms with Gasteiger partial charge in [-0.1, -0.05) is 6.92 Å². The summed E-state index contributed by atoms with van der Waals surface area (Å²) in [5.41, 5.74) is 13.5. The maximum Gasteiger partial charge on any atom is 0.146 e. The van der Waals surface area contributed by atoms with E-state index in [1.807, 2.05) is 6.07 Å². The van der Waals surface area contributed by atoms with Crippen molar-refractivity contribution in [2.24, 2.45) is 5.92 Å². The van der Waals surface area contributed by atoms with Crippen LogP contribution in [0.4, 0.5) is 11.5 Å². The van der Waals surface area contributed by atoms with Gasteiger partial charge in [0.05, 0.1) is 5.69 Å². The van der Waals surface area contributed by atoms with Crippen LogP contribution in [0.5, 0.6) is 0 Å². The molecule has 14 heavy (non-hydrogen) atoms. The maximum absolute atomic E-state index is 5.94. The normalized spacial score (nSPS) is 18.1. The van der Waals surface area contributed by atoms with Gasteiger partial charge < -0.3 is 11.5 Å². The molecule has 1 aliphatic carbocycles. The van der Waals surface area contributed by atoms with Crippen LogP contribution in [0, 0.1) is 5.92 Å². The Labute approximate surface area is 84.5 Å². The van der Waals surface area contributed by atoms with Crippen LogP contribution in [-0.2, 0) is 0 Å². The molecule has 0 aliphatic heterocycles. The van der Waals surface area contributed by atoms with Gasteiger partial charge in [-0.3, -0.25) is 0 Å². The molecule has 0 aromatic carbocycles. The second-order valence-corrected chi connectivity index (χ2v) is 4.05. The lowest BCUT2D eigenvalue weighted by Gasteiger charge is -2.17. The summed E-state index contributed by atoms with van der Waals surface area (Å²) < 4.78 is 0. The summed E-state index contributed by atoms with van der Waals surface area (Å²) in [4.78, 5) is 3.99. The van der Waals surface area contributed by atoms with Crippen LogP contribution in [0.3, 0.4) is 0 Å². The second-order valence-electron chi connectivity index (χ2n) is 4.05. The van der Waals surface area contributed by atoms with E-state index in [-0.39, 0.29) is 0 Å². The zero-order valence-corrected chi connectivity index (χ0v) is 8.53. The Morgan fingerprint density at radius 1 is 1.50 bits per heavy atom. The van der Waals surface area contributed by atoms with Crippen molar-refractivity contribution in [2.75, 3.05) is 11.5 Å². The van der Waals surface area contributed by atoms with Gasteiger partial charge in [0.25, 0.3) is 0 Å². The topological polar surface area (TPSA) is 64.9 Å². The molecule has 0 spiro atoms. The molecule has 0 amide bonds. The number of rotatable bonds is 3. The molecule has 1 aliphatic rings. The number of nitrogens with two attached hydrogens (primary N) is 2. The van der Waals surface area contributed by atoms with Crippen LogP contribution >= 0.6 is 0 Å². The molecular weight excluding hydrogens is 174 g/mol. The molecule has 1 atom stereocenters. The van der Waals surface area contributed by atoms with Crippen molar-refractivity contribution in [3.63, 3.8) is 0 Å². The van der Waals surface area contributed by atoms with E-state index in [4.69, 9.17) is 11.5 Å². The third-order valence-electron chi connectivity index (χ3n) is 3.09. The van der Waals surface area contributed by atoms with E-state index in [1.165, 1.54) is 18.4 Å². The molecule has 4 N–H and O–H groups in total. The zero-order valence-electron chi connectivity index (χ0n) is 8.53. The molecule has 0 radical (unpaired) electrons. The van der Waals surface area contributed by atoms with Crippen molar-refractivity contribution in [1.82, 2.24) is 4.98 Å². The fraction of sp³-hybridized carbons (Fsp3) is 0.545. The monoisotopic (exact) mass is 191 g/mol. The van der Waals surface area contributed by atoms with Crippen molar-refractivity contribution in [3.8, 4) is 0 Å². The van der Waals surface area contributed by atoms with E-state index >= 15 is 0 Å². The lowest BCUT2D eigenvalue weighted by molar-refractivity contribution is 0.588. The van der Waals surface area contributed by atoms with E-state index in [0.29, 0.717) is 17.4 Å². The molecule has 0 bridgehead atoms. The van der Waals surface area contributed by atoms with E-state index < -0.39 is 0 Å². The van der Waals surface area contributed by atoms with Gasteiger partial charge in [-0.15, -0.1) is 0 Å². The largest absolute Gasteiger partial charge is 0.396 e. The van der Waals surface area contributed by atoms with Gasteiger partial charge in [0.1, 0.15) is 5.82 Å². The van der Waals surface area contributed by atoms with Crippen LogP contribution in [0.1, 0.15) is 37.7 Å². The average Bonchev–Trinajstić information content (AvgIpc) is 2.97. The fourth-order valence-corrected chi connectivity index (χ4v) is 2.13. The van der Waals surface area contributed by atoms with Crippen molar-refractivity contribution in [1.29, 1.82) is 0 Å². The maximum atomic E-state index is 5.94. The molecule has 1 aromatic rings. The van der Waals surface area contributed by atoms with E-state index in [1.54, 1.807) is 6.20 Å². The minimum absolute atomic E-state index is 0.474. The van der Waals surface area contributed by atoms with Gasteiger partial charge in [0.2, 0.25) is 0 Å². The summed E-state index contributed by atoms with van der Waals surface area (Å²) in [6.07, 6.45) is 5.56. The number of anilines is 2. The zero-order chi connectivity index (χ0) is 10.1. The number of hydrogen-bond donors (Lipinski definition) is 2. The molecule has 0 saturated heterocycles. The standard InChI is InChI=1S/C11H17N3/c1-2-8(7-3-4-7)9-5-6-14-11(13)10(9)12/h5-8H,2-4,12H2,1H3,(H2,13,14). The predicted octanol–water partition coefficient (Wildman–Crippen LogP) is 2.15. The van der Waals surface area contributed by atoms with Crippen molar-refractivity contribution >= 4 is 11.5 Å². The number of pyridine rings is 1. The number of nitrogens with zero attached hydrogens (tertiary/aromatic N) is 1. The Kier molecular flexibility index (Phi) is 2.32. The molecule has 3 nitrogen and oxygen atoms in total. The lowest BCUT2D eigenvalue weighted by atomic mass is 9.91. The first-order valence-electron chi connectivity index (χ1n) is 5.24. The summed E-state index contributed by atoms with van der Waals surface area (Å²) >= 11 is 0. The van der Waals surface area contributed by atoms with E-state index in [0.717, 1.165) is 12.3 Å². The van der Waals surface area contributed by atoms with Crippen molar-refractivity contribution < 1.29 is 0 Å². The van der Waals surface area contributed by atoms with Crippen LogP contribution in [0.2, 0.25) is 0 Å². The van der Waals surface area contributed by atoms with Gasteiger partial charge >= 0.3 is 0 Å². The Bertz CT molecular complexity index is 331. The Balaban J connectivity index is 2.33. The summed E-state index contributed by atoms with van der Waals surface area (Å²) in [6, 6.07) is 2.01. The molecule has 1 heterocycles. The smallest absolute Gasteiger partial charge is 0.146 e. The molecule has 76 valence electrons. The predicted molar refractivity (Wildman–Crippen MR) is 58.8 cm³/mol. The third-order valence-corrected chi connectivity index (χ3v) is 3.09. The van der Waals surface area contributed by atoms with Crippen LogP contribution in [0.15, 0.2) is 12.3 Å². The van der Waals surface area contributed by atoms with E-state index in [9.17, 15) is 0 Å². The Morgan fingerprint density at radius 3 is 2.79 bits per heavy atom. The Hall–Kier alpha value is -1.25. The van der Waals surface area contributed by atoms with E-state index in [2.05, 4.69) is 11.9 Å². The number of hydrogen-bond acceptors (Lipinski definition) is 3. The summed E-state index contributed by atoms with van der Waals surface area (Å²) in [5.74, 6) is 1.88. The highest BCUT2D eigenvalue weighted by Gasteiger charge is 2.32. The third kappa shape index (κ3) is 1.54. The van der Waals surface area contributed by atoms with Gasteiger partial charge in [0, 0.05) is 6.20 Å². The second kappa shape index (κ2) is 3.48. The fourth-order valence-electron chi connectivity index (χ4n) is 2.13. The SMILES string of the molecule is CCC(c1ccnc(N)c1N)C1CC1. The lowest BCUT2D eigenvalue weighted by Crippen LogP contribution is -2.07. The molecule has 1 saturated carbocycles. The summed E-state index contributed by atoms with van der Waals surface area (Å²) in [5, 5.41) is 0. The van der Waals surface area contributed by atoms with Gasteiger partial charge in [-0.05, 0) is 42.7 Å². The minimum Gasteiger partial charge on any atom is -0.396 e. The molecule has 1 fully saturated rings. The first-order chi connectivity index (χ1) is 6.74. The van der Waals surface area contributed by atoms with Crippen molar-refractivity contribution in [3.05, 3.63) is 17.8 Å². The van der Waals surface area contributed by atoms with Crippen LogP contribution < -0.4 is 11.5 Å². The molecule has 1 aromatic heterocycles. The molecule has 2 rings (SSSR count). The van der Waals surface area contributed by atoms with Crippen LogP contribution in [0.25, 0.3) is 0 Å². The van der Waals surface area contributed by atoms with Crippen LogP contribution in [-0.4, -0.2) is 4.98 Å².